The summed E-state index contributed by atoms with van der Waals surface area (Å²) in [5.74, 6) is 0.564. The number of benzene rings is 1. The zero-order valence-corrected chi connectivity index (χ0v) is 30.8. The third-order valence-corrected chi connectivity index (χ3v) is 9.82. The molecule has 0 bridgehead atoms. The molecule has 4 atom stereocenters. The van der Waals surface area contributed by atoms with Crippen LogP contribution in [0.4, 0.5) is 0 Å². The summed E-state index contributed by atoms with van der Waals surface area (Å²) >= 11 is 1.32. The molecule has 2 aromatic heterocycles. The van der Waals surface area contributed by atoms with Crippen LogP contribution in [0.15, 0.2) is 47.9 Å². The molecule has 1 saturated heterocycles. The van der Waals surface area contributed by atoms with Crippen molar-refractivity contribution in [1.29, 1.82) is 0 Å². The van der Waals surface area contributed by atoms with Crippen molar-refractivity contribution < 1.29 is 34.0 Å². The number of carbonyl (C=O) groups excluding carboxylic acids is 2. The van der Waals surface area contributed by atoms with E-state index in [0.717, 1.165) is 16.8 Å². The molecule has 1 aromatic carbocycles. The number of methoxy groups -OCH3 is 2. The summed E-state index contributed by atoms with van der Waals surface area (Å²) in [6.45, 7) is 9.07. The Morgan fingerprint density at radius 2 is 1.78 bits per heavy atom. The number of carbonyl (C=O) groups is 2. The van der Waals surface area contributed by atoms with E-state index in [1.807, 2.05) is 27.7 Å². The Morgan fingerprint density at radius 1 is 1.02 bits per heavy atom. The van der Waals surface area contributed by atoms with Crippen molar-refractivity contribution in [1.82, 2.24) is 29.5 Å². The quantitative estimate of drug-likeness (QED) is 0.298. The first kappa shape index (κ1) is 39.4. The highest BCUT2D eigenvalue weighted by atomic mass is 32.2. The Hall–Kier alpha value is -3.40. The van der Waals surface area contributed by atoms with E-state index in [4.69, 9.17) is 14.2 Å². The number of hydrogen-bond donors (Lipinski definition) is 2. The average molecular weight is 713 g/mol. The Morgan fingerprint density at radius 3 is 2.46 bits per heavy atom. The van der Waals surface area contributed by atoms with Crippen molar-refractivity contribution in [2.75, 3.05) is 59.4 Å². The fraction of sp³-hybridized carbons (Fsp3) is 0.583. The molecule has 14 heteroatoms. The Kier molecular flexibility index (Phi) is 15.2. The number of nitrogens with zero attached hydrogens (tertiary/aromatic N) is 6. The molecule has 0 radical (unpaired) electrons. The maximum atomic E-state index is 14.3. The van der Waals surface area contributed by atoms with Crippen molar-refractivity contribution in [3.05, 3.63) is 53.9 Å². The second-order valence-corrected chi connectivity index (χ2v) is 14.1. The molecule has 2 N–H and O–H groups in total. The van der Waals surface area contributed by atoms with Crippen LogP contribution in [0.25, 0.3) is 17.1 Å². The number of thioether (sulfide) groups is 1. The lowest BCUT2D eigenvalue weighted by Crippen LogP contribution is -2.54. The van der Waals surface area contributed by atoms with Gasteiger partial charge >= 0.3 is 0 Å². The number of ether oxygens (including phenoxy) is 3. The van der Waals surface area contributed by atoms with Gasteiger partial charge in [-0.25, -0.2) is 0 Å². The standard InChI is InChI=1S/C36H52N6O7S/c1-24(2)17-29-19-40(32(44)22-47-5)20-31(48-6)34(46)30(43)21-49-16-8-7-15-41(29)33(45)23-50-36-39-38-35(27-11-13-37-14-12-27)42(36)28-10-9-25(3)26(4)18-28/h9-14,18,24,29-31,34,43,46H,7-8,15-17,19-23H2,1-6H3/t29-,30+,31+,34+/m0/s1. The second kappa shape index (κ2) is 19.3. The minimum atomic E-state index is -1.29. The smallest absolute Gasteiger partial charge is 0.248 e. The third kappa shape index (κ3) is 10.6. The molecule has 3 aromatic rings. The van der Waals surface area contributed by atoms with Crippen LogP contribution in [0.3, 0.4) is 0 Å². The van der Waals surface area contributed by atoms with E-state index >= 15 is 0 Å². The molecule has 1 fully saturated rings. The largest absolute Gasteiger partial charge is 0.388 e. The van der Waals surface area contributed by atoms with E-state index < -0.39 is 18.3 Å². The molecule has 0 aliphatic carbocycles. The summed E-state index contributed by atoms with van der Waals surface area (Å²) < 4.78 is 18.4. The zero-order chi connectivity index (χ0) is 36.2. The van der Waals surface area contributed by atoms with Gasteiger partial charge in [-0.1, -0.05) is 31.7 Å². The number of aromatic nitrogens is 4. The highest BCUT2D eigenvalue weighted by Gasteiger charge is 2.34. The summed E-state index contributed by atoms with van der Waals surface area (Å²) in [7, 11) is 2.88. The number of pyridine rings is 1. The fourth-order valence-corrected chi connectivity index (χ4v) is 6.87. The predicted molar refractivity (Wildman–Crippen MR) is 191 cm³/mol. The molecular formula is C36H52N6O7S. The summed E-state index contributed by atoms with van der Waals surface area (Å²) in [6, 6.07) is 9.60. The Bertz CT molecular complexity index is 1520. The van der Waals surface area contributed by atoms with Gasteiger partial charge in [-0.15, -0.1) is 10.2 Å². The van der Waals surface area contributed by atoms with Gasteiger partial charge in [-0.05, 0) is 74.4 Å². The van der Waals surface area contributed by atoms with E-state index in [-0.39, 0.29) is 55.8 Å². The molecule has 13 nitrogen and oxygen atoms in total. The van der Waals surface area contributed by atoms with Crippen molar-refractivity contribution in [3.8, 4) is 17.1 Å². The number of amides is 2. The van der Waals surface area contributed by atoms with Gasteiger partial charge in [0, 0.05) is 64.5 Å². The lowest BCUT2D eigenvalue weighted by Gasteiger charge is -2.38. The number of hydrogen-bond acceptors (Lipinski definition) is 11. The molecule has 0 spiro atoms. The SMILES string of the molecule is COCC(=O)N1C[C@H](CC(C)C)N(C(=O)CSc2nnc(-c3ccncc3)n2-c2ccc(C)c(C)c2)CCCCOC[C@@H](O)[C@@H](O)[C@H](OC)C1. The van der Waals surface area contributed by atoms with Gasteiger partial charge in [0.15, 0.2) is 11.0 Å². The fourth-order valence-electron chi connectivity index (χ4n) is 6.04. The first-order valence-corrected chi connectivity index (χ1v) is 18.1. The van der Waals surface area contributed by atoms with Crippen LogP contribution in [0, 0.1) is 19.8 Å². The first-order valence-electron chi connectivity index (χ1n) is 17.1. The van der Waals surface area contributed by atoms with Crippen LogP contribution < -0.4 is 0 Å². The van der Waals surface area contributed by atoms with Crippen LogP contribution in [0.2, 0.25) is 0 Å². The van der Waals surface area contributed by atoms with E-state index in [9.17, 15) is 19.8 Å². The van der Waals surface area contributed by atoms with E-state index in [1.54, 1.807) is 17.3 Å². The monoisotopic (exact) mass is 712 g/mol. The lowest BCUT2D eigenvalue weighted by molar-refractivity contribution is -0.145. The van der Waals surface area contributed by atoms with Crippen LogP contribution in [0.5, 0.6) is 0 Å². The van der Waals surface area contributed by atoms with Gasteiger partial charge in [0.25, 0.3) is 0 Å². The summed E-state index contributed by atoms with van der Waals surface area (Å²) in [5.41, 5.74) is 4.04. The number of aliphatic hydroxyl groups is 2. The van der Waals surface area contributed by atoms with Gasteiger partial charge in [-0.2, -0.15) is 0 Å². The molecule has 0 unspecified atom stereocenters. The lowest BCUT2D eigenvalue weighted by atomic mass is 10.00. The van der Waals surface area contributed by atoms with Crippen molar-refractivity contribution >= 4 is 23.6 Å². The molecular weight excluding hydrogens is 660 g/mol. The third-order valence-electron chi connectivity index (χ3n) is 8.91. The zero-order valence-electron chi connectivity index (χ0n) is 30.0. The van der Waals surface area contributed by atoms with Gasteiger partial charge < -0.3 is 34.2 Å². The van der Waals surface area contributed by atoms with Crippen molar-refractivity contribution in [2.24, 2.45) is 5.92 Å². The van der Waals surface area contributed by atoms with E-state index in [2.05, 4.69) is 55.0 Å². The van der Waals surface area contributed by atoms with Crippen molar-refractivity contribution in [3.63, 3.8) is 0 Å². The van der Waals surface area contributed by atoms with Crippen LogP contribution in [0.1, 0.15) is 44.2 Å². The molecule has 0 saturated carbocycles. The molecule has 50 heavy (non-hydrogen) atoms. The number of aliphatic hydroxyl groups excluding tert-OH is 2. The van der Waals surface area contributed by atoms with Crippen molar-refractivity contribution in [2.45, 2.75) is 76.5 Å². The normalized spacial score (nSPS) is 21.3. The minimum absolute atomic E-state index is 0.000843. The van der Waals surface area contributed by atoms with Gasteiger partial charge in [0.1, 0.15) is 24.9 Å². The maximum absolute atomic E-state index is 14.3. The summed E-state index contributed by atoms with van der Waals surface area (Å²) in [6.07, 6.45) is 2.00. The highest BCUT2D eigenvalue weighted by Crippen LogP contribution is 2.29. The first-order chi connectivity index (χ1) is 24.0. The molecule has 1 aliphatic rings. The topological polar surface area (TPSA) is 152 Å². The van der Waals surface area contributed by atoms with E-state index in [1.165, 1.54) is 31.5 Å². The average Bonchev–Trinajstić information content (AvgIpc) is 3.53. The second-order valence-electron chi connectivity index (χ2n) is 13.2. The number of aryl methyl sites for hydroxylation is 2. The van der Waals surface area contributed by atoms with Crippen LogP contribution in [-0.2, 0) is 23.8 Å². The Balaban J connectivity index is 1.66. The minimum Gasteiger partial charge on any atom is -0.388 e. The highest BCUT2D eigenvalue weighted by molar-refractivity contribution is 7.99. The van der Waals surface area contributed by atoms with E-state index in [0.29, 0.717) is 43.4 Å². The summed E-state index contributed by atoms with van der Waals surface area (Å²) in [4.78, 5) is 35.3. The van der Waals surface area contributed by atoms with Crippen LogP contribution >= 0.6 is 11.8 Å². The van der Waals surface area contributed by atoms with Gasteiger partial charge in [0.05, 0.1) is 18.0 Å². The number of rotatable bonds is 10. The van der Waals surface area contributed by atoms with Gasteiger partial charge in [-0.3, -0.25) is 19.1 Å². The molecule has 2 amide bonds. The molecule has 4 rings (SSSR count). The molecule has 274 valence electrons. The molecule has 3 heterocycles. The van der Waals surface area contributed by atoms with Crippen LogP contribution in [-0.4, -0.2) is 135 Å². The summed E-state index contributed by atoms with van der Waals surface area (Å²) in [5, 5.41) is 31.2. The molecule has 1 aliphatic heterocycles. The van der Waals surface area contributed by atoms with Gasteiger partial charge in [0.2, 0.25) is 11.8 Å². The maximum Gasteiger partial charge on any atom is 0.248 e. The predicted octanol–water partition coefficient (Wildman–Crippen LogP) is 3.30. The Labute approximate surface area is 299 Å².